The van der Waals surface area contributed by atoms with Crippen molar-refractivity contribution in [3.05, 3.63) is 0 Å². The van der Waals surface area contributed by atoms with Crippen molar-refractivity contribution in [3.63, 3.8) is 0 Å². The minimum atomic E-state index is 0.559. The quantitative estimate of drug-likeness (QED) is 0.375. The summed E-state index contributed by atoms with van der Waals surface area (Å²) in [5.74, 6) is 0. The molecule has 1 saturated carbocycles. The molecule has 0 bridgehead atoms. The number of hydrazone groups is 1. The Morgan fingerprint density at radius 1 is 1.30 bits per heavy atom. The molecule has 1 aliphatic rings. The molecule has 0 aromatic rings. The lowest BCUT2D eigenvalue weighted by molar-refractivity contribution is 0.381. The van der Waals surface area contributed by atoms with Crippen LogP contribution in [0.15, 0.2) is 5.10 Å². The van der Waals surface area contributed by atoms with Crippen molar-refractivity contribution in [2.75, 3.05) is 0 Å². The van der Waals surface area contributed by atoms with Crippen LogP contribution in [0.1, 0.15) is 32.1 Å². The van der Waals surface area contributed by atoms with Crippen molar-refractivity contribution in [2.45, 2.75) is 38.1 Å². The number of thiocarbonyl (C=S) groups is 1. The Balaban J connectivity index is 2.19. The van der Waals surface area contributed by atoms with Crippen LogP contribution in [-0.2, 0) is 0 Å². The second-order valence-electron chi connectivity index (χ2n) is 2.67. The Labute approximate surface area is 66.7 Å². The lowest BCUT2D eigenvalue weighted by atomic mass is 9.96. The second-order valence-corrected chi connectivity index (χ2v) is 2.85. The van der Waals surface area contributed by atoms with E-state index in [0.29, 0.717) is 6.04 Å². The molecular formula is C7H12N2S. The summed E-state index contributed by atoms with van der Waals surface area (Å²) >= 11 is 4.44. The van der Waals surface area contributed by atoms with E-state index in [1.807, 2.05) is 0 Å². The number of rotatable bonds is 2. The first-order valence-electron chi connectivity index (χ1n) is 3.76. The highest BCUT2D eigenvalue weighted by Crippen LogP contribution is 2.16. The average Bonchev–Trinajstić information content (AvgIpc) is 2.03. The first kappa shape index (κ1) is 7.70. The number of isothiocyanates is 1. The van der Waals surface area contributed by atoms with Crippen molar-refractivity contribution in [1.29, 1.82) is 0 Å². The van der Waals surface area contributed by atoms with Crippen LogP contribution >= 0.6 is 12.2 Å². The summed E-state index contributed by atoms with van der Waals surface area (Å²) in [4.78, 5) is 0. The topological polar surface area (TPSA) is 24.4 Å². The molecule has 56 valence electrons. The van der Waals surface area contributed by atoms with Gasteiger partial charge in [0, 0.05) is 6.04 Å². The molecule has 0 radical (unpaired) electrons. The SMILES string of the molecule is S=C=NNC1CCCCC1. The van der Waals surface area contributed by atoms with E-state index in [0.717, 1.165) is 0 Å². The predicted octanol–water partition coefficient (Wildman–Crippen LogP) is 1.93. The molecule has 0 aromatic heterocycles. The van der Waals surface area contributed by atoms with E-state index in [4.69, 9.17) is 0 Å². The fraction of sp³-hybridized carbons (Fsp3) is 0.857. The van der Waals surface area contributed by atoms with Gasteiger partial charge in [0.05, 0.1) is 5.16 Å². The van der Waals surface area contributed by atoms with Crippen molar-refractivity contribution in [1.82, 2.24) is 5.43 Å². The zero-order chi connectivity index (χ0) is 7.23. The first-order chi connectivity index (χ1) is 4.93. The second kappa shape index (κ2) is 4.42. The molecule has 2 nitrogen and oxygen atoms in total. The van der Waals surface area contributed by atoms with Gasteiger partial charge in [-0.1, -0.05) is 19.3 Å². The summed E-state index contributed by atoms with van der Waals surface area (Å²) in [6.07, 6.45) is 6.50. The number of hydrogen-bond acceptors (Lipinski definition) is 3. The van der Waals surface area contributed by atoms with Crippen LogP contribution in [0.25, 0.3) is 0 Å². The zero-order valence-electron chi connectivity index (χ0n) is 5.97. The van der Waals surface area contributed by atoms with Gasteiger partial charge in [-0.15, -0.1) is 5.10 Å². The molecule has 1 N–H and O–H groups in total. The summed E-state index contributed by atoms with van der Waals surface area (Å²) in [7, 11) is 0. The Kier molecular flexibility index (Phi) is 3.41. The molecule has 0 amide bonds. The molecule has 1 aliphatic carbocycles. The van der Waals surface area contributed by atoms with Gasteiger partial charge in [0.15, 0.2) is 0 Å². The molecule has 0 heterocycles. The number of nitrogens with zero attached hydrogens (tertiary/aromatic N) is 1. The van der Waals surface area contributed by atoms with Crippen molar-refractivity contribution < 1.29 is 0 Å². The van der Waals surface area contributed by atoms with E-state index in [1.165, 1.54) is 32.1 Å². The monoisotopic (exact) mass is 156 g/mol. The van der Waals surface area contributed by atoms with Gasteiger partial charge in [-0.2, -0.15) is 0 Å². The Bertz CT molecular complexity index is 135. The van der Waals surface area contributed by atoms with Crippen LogP contribution in [0.5, 0.6) is 0 Å². The Morgan fingerprint density at radius 3 is 2.60 bits per heavy atom. The lowest BCUT2D eigenvalue weighted by Gasteiger charge is -2.19. The molecule has 3 heteroatoms. The van der Waals surface area contributed by atoms with Gasteiger partial charge in [-0.05, 0) is 25.1 Å². The Hall–Kier alpha value is -0.400. The summed E-state index contributed by atoms with van der Waals surface area (Å²) in [5.41, 5.74) is 2.98. The van der Waals surface area contributed by atoms with Gasteiger partial charge < -0.3 is 0 Å². The molecule has 1 rings (SSSR count). The largest absolute Gasteiger partial charge is 0.298 e. The summed E-state index contributed by atoms with van der Waals surface area (Å²) < 4.78 is 0. The molecule has 10 heavy (non-hydrogen) atoms. The van der Waals surface area contributed by atoms with Gasteiger partial charge in [0.1, 0.15) is 0 Å². The number of nitrogens with one attached hydrogen (secondary N) is 1. The third-order valence-corrected chi connectivity index (χ3v) is 1.99. The first-order valence-corrected chi connectivity index (χ1v) is 4.16. The van der Waals surface area contributed by atoms with Crippen LogP contribution in [0, 0.1) is 0 Å². The smallest absolute Gasteiger partial charge is 0.0844 e. The predicted molar refractivity (Wildman–Crippen MR) is 45.0 cm³/mol. The van der Waals surface area contributed by atoms with Crippen molar-refractivity contribution in [3.8, 4) is 0 Å². The van der Waals surface area contributed by atoms with Crippen LogP contribution in [-0.4, -0.2) is 11.2 Å². The van der Waals surface area contributed by atoms with Gasteiger partial charge in [0.25, 0.3) is 0 Å². The fourth-order valence-electron chi connectivity index (χ4n) is 1.35. The summed E-state index contributed by atoms with van der Waals surface area (Å²) in [6, 6.07) is 0.559. The lowest BCUT2D eigenvalue weighted by Crippen LogP contribution is -2.26. The zero-order valence-corrected chi connectivity index (χ0v) is 6.78. The van der Waals surface area contributed by atoms with E-state index in [9.17, 15) is 0 Å². The van der Waals surface area contributed by atoms with Gasteiger partial charge in [-0.3, -0.25) is 5.43 Å². The van der Waals surface area contributed by atoms with E-state index in [2.05, 4.69) is 27.9 Å². The van der Waals surface area contributed by atoms with Crippen LogP contribution < -0.4 is 5.43 Å². The number of hydrogen-bond donors (Lipinski definition) is 1. The normalized spacial score (nSPS) is 19.6. The molecule has 0 aromatic carbocycles. The summed E-state index contributed by atoms with van der Waals surface area (Å²) in [5, 5.41) is 6.02. The van der Waals surface area contributed by atoms with E-state index < -0.39 is 0 Å². The van der Waals surface area contributed by atoms with Crippen molar-refractivity contribution >= 4 is 17.4 Å². The van der Waals surface area contributed by atoms with E-state index in [1.54, 1.807) is 0 Å². The maximum absolute atomic E-state index is 4.44. The Morgan fingerprint density at radius 2 is 2.00 bits per heavy atom. The molecule has 0 saturated heterocycles. The highest BCUT2D eigenvalue weighted by molar-refractivity contribution is 7.78. The minimum absolute atomic E-state index is 0.559. The molecule has 0 aliphatic heterocycles. The molecule has 0 atom stereocenters. The highest BCUT2D eigenvalue weighted by atomic mass is 32.1. The third kappa shape index (κ3) is 2.46. The minimum Gasteiger partial charge on any atom is -0.298 e. The average molecular weight is 156 g/mol. The van der Waals surface area contributed by atoms with Gasteiger partial charge in [0.2, 0.25) is 0 Å². The van der Waals surface area contributed by atoms with Crippen LogP contribution in [0.4, 0.5) is 0 Å². The molecular weight excluding hydrogens is 144 g/mol. The van der Waals surface area contributed by atoms with Crippen molar-refractivity contribution in [2.24, 2.45) is 5.10 Å². The van der Waals surface area contributed by atoms with Gasteiger partial charge >= 0.3 is 0 Å². The van der Waals surface area contributed by atoms with Gasteiger partial charge in [-0.25, -0.2) is 0 Å². The summed E-state index contributed by atoms with van der Waals surface area (Å²) in [6.45, 7) is 0. The van der Waals surface area contributed by atoms with E-state index >= 15 is 0 Å². The van der Waals surface area contributed by atoms with E-state index in [-0.39, 0.29) is 0 Å². The highest BCUT2D eigenvalue weighted by Gasteiger charge is 2.10. The van der Waals surface area contributed by atoms with Crippen LogP contribution in [0.3, 0.4) is 0 Å². The molecule has 0 spiro atoms. The van der Waals surface area contributed by atoms with Crippen LogP contribution in [0.2, 0.25) is 0 Å². The maximum Gasteiger partial charge on any atom is 0.0844 e. The maximum atomic E-state index is 4.44. The third-order valence-electron chi connectivity index (χ3n) is 1.90. The standard InChI is InChI=1S/C7H12N2S/c10-6-8-9-7-4-2-1-3-5-7/h7,9H,1-5H2. The molecule has 1 fully saturated rings. The molecule has 0 unspecified atom stereocenters. The fourth-order valence-corrected chi connectivity index (χ4v) is 1.40.